The third kappa shape index (κ3) is 3.79. The molecule has 2 atom stereocenters. The van der Waals surface area contributed by atoms with Crippen LogP contribution in [0.15, 0.2) is 0 Å². The predicted octanol–water partition coefficient (Wildman–Crippen LogP) is 1.43. The minimum Gasteiger partial charge on any atom is -0.396 e. The summed E-state index contributed by atoms with van der Waals surface area (Å²) in [5.74, 6) is 0.593. The van der Waals surface area contributed by atoms with E-state index in [-0.39, 0.29) is 5.73 Å². The first-order valence-electron chi connectivity index (χ1n) is 5.24. The summed E-state index contributed by atoms with van der Waals surface area (Å²) in [5.41, 5.74) is -0.141. The Morgan fingerprint density at radius 2 is 2.15 bits per heavy atom. The molecule has 13 heavy (non-hydrogen) atoms. The fraction of sp³-hybridized carbons (Fsp3) is 0.900. The van der Waals surface area contributed by atoms with Gasteiger partial charge in [-0.15, -0.1) is 0 Å². The quantitative estimate of drug-likeness (QED) is 0.676. The highest BCUT2D eigenvalue weighted by molar-refractivity contribution is 6.77. The van der Waals surface area contributed by atoms with Crippen molar-refractivity contribution in [2.45, 2.75) is 38.2 Å². The Kier molecular flexibility index (Phi) is 3.95. The summed E-state index contributed by atoms with van der Waals surface area (Å²) < 4.78 is 0. The van der Waals surface area contributed by atoms with E-state index in [4.69, 9.17) is 0 Å². The first-order valence-corrected chi connectivity index (χ1v) is 8.81. The van der Waals surface area contributed by atoms with E-state index in [9.17, 15) is 5.11 Å². The van der Waals surface area contributed by atoms with Crippen molar-refractivity contribution in [1.29, 1.82) is 0 Å². The highest BCUT2D eigenvalue weighted by Crippen LogP contribution is 2.19. The second-order valence-corrected chi connectivity index (χ2v) is 10.4. The van der Waals surface area contributed by atoms with Crippen molar-refractivity contribution in [2.24, 2.45) is 5.92 Å². The van der Waals surface area contributed by atoms with Gasteiger partial charge in [0.15, 0.2) is 0 Å². The van der Waals surface area contributed by atoms with Gasteiger partial charge in [0.05, 0.1) is 8.07 Å². The van der Waals surface area contributed by atoms with Crippen LogP contribution in [0.1, 0.15) is 12.8 Å². The lowest BCUT2D eigenvalue weighted by molar-refractivity contribution is 0.247. The van der Waals surface area contributed by atoms with Gasteiger partial charge in [0.2, 0.25) is 0 Å². The lowest BCUT2D eigenvalue weighted by Gasteiger charge is -2.29. The van der Waals surface area contributed by atoms with Crippen molar-refractivity contribution in [1.82, 2.24) is 5.32 Å². The molecule has 1 radical (unpaired) electrons. The first-order chi connectivity index (χ1) is 6.00. The summed E-state index contributed by atoms with van der Waals surface area (Å²) >= 11 is 0. The van der Waals surface area contributed by atoms with E-state index in [0.29, 0.717) is 5.92 Å². The Morgan fingerprint density at radius 3 is 2.62 bits per heavy atom. The van der Waals surface area contributed by atoms with Crippen LogP contribution in [0.25, 0.3) is 0 Å². The molecule has 0 aromatic rings. The number of hydrogen-bond acceptors (Lipinski definition) is 2. The number of rotatable bonds is 3. The fourth-order valence-electron chi connectivity index (χ4n) is 1.59. The Balaban J connectivity index is 2.30. The first kappa shape index (κ1) is 11.2. The molecule has 77 valence electrons. The zero-order valence-electron chi connectivity index (χ0n) is 9.01. The van der Waals surface area contributed by atoms with Gasteiger partial charge in [-0.1, -0.05) is 19.6 Å². The van der Waals surface area contributed by atoms with Crippen LogP contribution < -0.4 is 5.32 Å². The summed E-state index contributed by atoms with van der Waals surface area (Å²) in [4.78, 5) is 0. The molecule has 2 nitrogen and oxygen atoms in total. The second kappa shape index (κ2) is 4.58. The Hall–Kier alpha value is 0.137. The standard InChI is InChI=1S/C10H22NOSi/c1-13(2,3)10(12)7-9-5-4-6-11-8-9/h7,9-12H,4-6,8H2,1-3H3. The van der Waals surface area contributed by atoms with Gasteiger partial charge in [-0.25, -0.2) is 0 Å². The van der Waals surface area contributed by atoms with Crippen molar-refractivity contribution in [3.8, 4) is 0 Å². The van der Waals surface area contributed by atoms with E-state index >= 15 is 0 Å². The van der Waals surface area contributed by atoms with Crippen molar-refractivity contribution in [2.75, 3.05) is 13.1 Å². The molecule has 0 saturated carbocycles. The zero-order valence-corrected chi connectivity index (χ0v) is 10.0. The lowest BCUT2D eigenvalue weighted by atomic mass is 9.97. The topological polar surface area (TPSA) is 32.3 Å². The van der Waals surface area contributed by atoms with Gasteiger partial charge in [0.25, 0.3) is 0 Å². The van der Waals surface area contributed by atoms with Crippen LogP contribution in [0.2, 0.25) is 19.6 Å². The number of nitrogens with one attached hydrogen (secondary N) is 1. The van der Waals surface area contributed by atoms with Crippen LogP contribution in [0.3, 0.4) is 0 Å². The van der Waals surface area contributed by atoms with Crippen LogP contribution in [0.5, 0.6) is 0 Å². The van der Waals surface area contributed by atoms with Crippen molar-refractivity contribution < 1.29 is 5.11 Å². The molecule has 0 bridgehead atoms. The molecule has 3 heteroatoms. The van der Waals surface area contributed by atoms with Gasteiger partial charge >= 0.3 is 0 Å². The third-order valence-corrected chi connectivity index (χ3v) is 4.64. The molecule has 0 aromatic heterocycles. The van der Waals surface area contributed by atoms with Crippen LogP contribution >= 0.6 is 0 Å². The average Bonchev–Trinajstić information content (AvgIpc) is 2.04. The molecule has 0 aliphatic carbocycles. The Labute approximate surface area is 82.7 Å². The molecule has 2 unspecified atom stereocenters. The SMILES string of the molecule is C[Si](C)(C)C(O)[CH]C1CCCNC1. The molecule has 0 spiro atoms. The molecule has 0 aromatic carbocycles. The predicted molar refractivity (Wildman–Crippen MR) is 59.2 cm³/mol. The summed E-state index contributed by atoms with van der Waals surface area (Å²) in [6, 6.07) is 0. The monoisotopic (exact) mass is 200 g/mol. The average molecular weight is 200 g/mol. The lowest BCUT2D eigenvalue weighted by Crippen LogP contribution is -2.42. The number of hydrogen-bond donors (Lipinski definition) is 2. The Bertz CT molecular complexity index is 149. The molecule has 2 N–H and O–H groups in total. The normalized spacial score (nSPS) is 27.2. The maximum Gasteiger partial charge on any atom is 0.0785 e. The maximum atomic E-state index is 9.92. The summed E-state index contributed by atoms with van der Waals surface area (Å²) in [7, 11) is -1.37. The van der Waals surface area contributed by atoms with Crippen LogP contribution in [0.4, 0.5) is 0 Å². The second-order valence-electron chi connectivity index (χ2n) is 5.11. The summed E-state index contributed by atoms with van der Waals surface area (Å²) in [6.45, 7) is 8.84. The van der Waals surface area contributed by atoms with Gasteiger partial charge < -0.3 is 10.4 Å². The largest absolute Gasteiger partial charge is 0.396 e. The van der Waals surface area contributed by atoms with E-state index in [0.717, 1.165) is 13.1 Å². The fourth-order valence-corrected chi connectivity index (χ4v) is 2.44. The van der Waals surface area contributed by atoms with Crippen molar-refractivity contribution in [3.63, 3.8) is 0 Å². The van der Waals surface area contributed by atoms with Crippen LogP contribution in [0, 0.1) is 12.3 Å². The molecular weight excluding hydrogens is 178 g/mol. The van der Waals surface area contributed by atoms with Crippen molar-refractivity contribution in [3.05, 3.63) is 6.42 Å². The molecule has 1 saturated heterocycles. The number of piperidine rings is 1. The van der Waals surface area contributed by atoms with Gasteiger partial charge in [0, 0.05) is 5.73 Å². The minimum atomic E-state index is -1.37. The van der Waals surface area contributed by atoms with Gasteiger partial charge in [-0.05, 0) is 38.3 Å². The van der Waals surface area contributed by atoms with E-state index in [2.05, 4.69) is 31.4 Å². The van der Waals surface area contributed by atoms with Gasteiger partial charge in [-0.2, -0.15) is 0 Å². The van der Waals surface area contributed by atoms with E-state index in [1.807, 2.05) is 0 Å². The summed E-state index contributed by atoms with van der Waals surface area (Å²) in [6.07, 6.45) is 4.66. The molecule has 1 aliphatic rings. The minimum absolute atomic E-state index is 0.141. The molecule has 1 heterocycles. The van der Waals surface area contributed by atoms with E-state index < -0.39 is 8.07 Å². The highest BCUT2D eigenvalue weighted by Gasteiger charge is 2.28. The highest BCUT2D eigenvalue weighted by atomic mass is 28.3. The smallest absolute Gasteiger partial charge is 0.0785 e. The maximum absolute atomic E-state index is 9.92. The zero-order chi connectivity index (χ0) is 9.90. The molecule has 1 aliphatic heterocycles. The number of aliphatic hydroxyl groups excluding tert-OH is 1. The molecule has 1 rings (SSSR count). The molecule has 1 fully saturated rings. The van der Waals surface area contributed by atoms with E-state index in [1.165, 1.54) is 12.8 Å². The van der Waals surface area contributed by atoms with E-state index in [1.54, 1.807) is 0 Å². The number of aliphatic hydroxyl groups is 1. The molecule has 0 amide bonds. The van der Waals surface area contributed by atoms with Gasteiger partial charge in [-0.3, -0.25) is 0 Å². The van der Waals surface area contributed by atoms with Crippen LogP contribution in [-0.4, -0.2) is 32.0 Å². The summed E-state index contributed by atoms with van der Waals surface area (Å²) in [5, 5.41) is 13.3. The van der Waals surface area contributed by atoms with Crippen LogP contribution in [-0.2, 0) is 0 Å². The Morgan fingerprint density at radius 1 is 1.46 bits per heavy atom. The van der Waals surface area contributed by atoms with Crippen molar-refractivity contribution >= 4 is 8.07 Å². The third-order valence-electron chi connectivity index (χ3n) is 2.68. The molecular formula is C10H22NOSi. The van der Waals surface area contributed by atoms with Gasteiger partial charge in [0.1, 0.15) is 0 Å².